The molecule has 0 radical (unpaired) electrons. The number of hydrogen-bond acceptors (Lipinski definition) is 2. The minimum absolute atomic E-state index is 0.0447. The van der Waals surface area contributed by atoms with Crippen molar-refractivity contribution in [2.24, 2.45) is 17.8 Å². The Kier molecular flexibility index (Phi) is 6.71. The van der Waals surface area contributed by atoms with Crippen LogP contribution >= 0.6 is 0 Å². The van der Waals surface area contributed by atoms with Crippen LogP contribution in [0.1, 0.15) is 57.1 Å². The molecule has 0 aliphatic heterocycles. The van der Waals surface area contributed by atoms with E-state index in [4.69, 9.17) is 4.74 Å². The summed E-state index contributed by atoms with van der Waals surface area (Å²) in [4.78, 5) is 13.3. The topological polar surface area (TPSA) is 26.3 Å². The number of carbonyl (C=O) groups excluding carboxylic acids is 1. The molecule has 1 fully saturated rings. The zero-order chi connectivity index (χ0) is 19.2. The van der Waals surface area contributed by atoms with E-state index in [9.17, 15) is 4.79 Å². The molecule has 0 bridgehead atoms. The average Bonchev–Trinajstić information content (AvgIpc) is 2.67. The predicted octanol–water partition coefficient (Wildman–Crippen LogP) is 6.02. The number of rotatable bonds is 6. The quantitative estimate of drug-likeness (QED) is 0.586. The Morgan fingerprint density at radius 3 is 2.26 bits per heavy atom. The third-order valence-corrected chi connectivity index (χ3v) is 6.00. The highest BCUT2D eigenvalue weighted by Crippen LogP contribution is 2.36. The summed E-state index contributed by atoms with van der Waals surface area (Å²) < 4.78 is 6.19. The van der Waals surface area contributed by atoms with Gasteiger partial charge in [0.15, 0.2) is 0 Å². The van der Waals surface area contributed by atoms with Crippen molar-refractivity contribution in [2.45, 2.75) is 58.5 Å². The first kappa shape index (κ1) is 19.7. The van der Waals surface area contributed by atoms with E-state index in [0.29, 0.717) is 24.2 Å². The maximum absolute atomic E-state index is 13.3. The molecule has 0 aromatic heterocycles. The molecule has 0 amide bonds. The molecule has 0 spiro atoms. The van der Waals surface area contributed by atoms with Crippen LogP contribution in [0.5, 0.6) is 0 Å². The van der Waals surface area contributed by atoms with Crippen LogP contribution in [0.15, 0.2) is 60.7 Å². The highest BCUT2D eigenvalue weighted by molar-refractivity contribution is 5.78. The van der Waals surface area contributed by atoms with Crippen molar-refractivity contribution in [2.75, 3.05) is 0 Å². The monoisotopic (exact) mass is 364 g/mol. The number of carbonyl (C=O) groups is 1. The number of benzene rings is 2. The molecular weight excluding hydrogens is 332 g/mol. The Hall–Kier alpha value is -2.09. The fraction of sp³-hybridized carbons (Fsp3) is 0.480. The number of ether oxygens (including phenoxy) is 1. The summed E-state index contributed by atoms with van der Waals surface area (Å²) in [7, 11) is 0. The maximum Gasteiger partial charge on any atom is 0.314 e. The van der Waals surface area contributed by atoms with Crippen LogP contribution in [0.4, 0.5) is 0 Å². The van der Waals surface area contributed by atoms with E-state index in [1.54, 1.807) is 0 Å². The van der Waals surface area contributed by atoms with Gasteiger partial charge in [-0.3, -0.25) is 4.79 Å². The van der Waals surface area contributed by atoms with Gasteiger partial charge in [0.1, 0.15) is 6.10 Å². The molecule has 0 N–H and O–H groups in total. The summed E-state index contributed by atoms with van der Waals surface area (Å²) in [6.07, 6.45) is 4.11. The lowest BCUT2D eigenvalue weighted by atomic mass is 9.75. The largest absolute Gasteiger partial charge is 0.462 e. The lowest BCUT2D eigenvalue weighted by Crippen LogP contribution is -2.37. The second kappa shape index (κ2) is 9.21. The van der Waals surface area contributed by atoms with Crippen LogP contribution in [0.2, 0.25) is 0 Å². The average molecular weight is 365 g/mol. The Bertz CT molecular complexity index is 708. The molecule has 27 heavy (non-hydrogen) atoms. The van der Waals surface area contributed by atoms with Gasteiger partial charge in [0.25, 0.3) is 0 Å². The highest BCUT2D eigenvalue weighted by atomic mass is 16.5. The molecule has 2 aromatic rings. The first-order valence-corrected chi connectivity index (χ1v) is 10.3. The Morgan fingerprint density at radius 1 is 1.00 bits per heavy atom. The second-order valence-corrected chi connectivity index (χ2v) is 8.45. The molecule has 4 atom stereocenters. The fourth-order valence-electron chi connectivity index (χ4n) is 4.35. The van der Waals surface area contributed by atoms with Crippen molar-refractivity contribution in [3.05, 3.63) is 71.8 Å². The van der Waals surface area contributed by atoms with Crippen molar-refractivity contribution in [3.8, 4) is 0 Å². The summed E-state index contributed by atoms with van der Waals surface area (Å²) in [6.45, 7) is 6.77. The Labute approximate surface area is 164 Å². The summed E-state index contributed by atoms with van der Waals surface area (Å²) in [5.41, 5.74) is 2.21. The third kappa shape index (κ3) is 5.22. The standard InChI is InChI=1S/C25H32O2/c1-18(2)22-15-14-19(3)16-24(22)27-25(26)23(21-12-8-5-9-13-21)17-20-10-6-4-7-11-20/h4-13,18-19,22-24H,14-17H2,1-3H3/t19-,22-,23+,24+/m1/s1. The van der Waals surface area contributed by atoms with E-state index in [2.05, 4.69) is 32.9 Å². The van der Waals surface area contributed by atoms with Crippen molar-refractivity contribution in [1.82, 2.24) is 0 Å². The van der Waals surface area contributed by atoms with Crippen molar-refractivity contribution in [1.29, 1.82) is 0 Å². The molecule has 1 aliphatic carbocycles. The van der Waals surface area contributed by atoms with Gasteiger partial charge in [0, 0.05) is 0 Å². The number of esters is 1. The van der Waals surface area contributed by atoms with Crippen molar-refractivity contribution in [3.63, 3.8) is 0 Å². The smallest absolute Gasteiger partial charge is 0.314 e. The van der Waals surface area contributed by atoms with Crippen LogP contribution in [-0.2, 0) is 16.0 Å². The predicted molar refractivity (Wildman–Crippen MR) is 111 cm³/mol. The van der Waals surface area contributed by atoms with Crippen LogP contribution in [0, 0.1) is 17.8 Å². The Morgan fingerprint density at radius 2 is 1.63 bits per heavy atom. The van der Waals surface area contributed by atoms with E-state index in [1.165, 1.54) is 12.0 Å². The maximum atomic E-state index is 13.3. The lowest BCUT2D eigenvalue weighted by molar-refractivity contribution is -0.157. The van der Waals surface area contributed by atoms with Gasteiger partial charge in [0.2, 0.25) is 0 Å². The fourth-order valence-corrected chi connectivity index (χ4v) is 4.35. The molecular formula is C25H32O2. The molecule has 1 aliphatic rings. The zero-order valence-electron chi connectivity index (χ0n) is 16.8. The van der Waals surface area contributed by atoms with Gasteiger partial charge in [-0.15, -0.1) is 0 Å². The van der Waals surface area contributed by atoms with Gasteiger partial charge in [0.05, 0.1) is 5.92 Å². The van der Waals surface area contributed by atoms with Gasteiger partial charge < -0.3 is 4.74 Å². The van der Waals surface area contributed by atoms with Gasteiger partial charge in [-0.2, -0.15) is 0 Å². The van der Waals surface area contributed by atoms with Gasteiger partial charge >= 0.3 is 5.97 Å². The van der Waals surface area contributed by atoms with Crippen molar-refractivity contribution < 1.29 is 9.53 Å². The van der Waals surface area contributed by atoms with Gasteiger partial charge in [-0.25, -0.2) is 0 Å². The van der Waals surface area contributed by atoms with E-state index < -0.39 is 0 Å². The molecule has 2 heteroatoms. The molecule has 0 unspecified atom stereocenters. The van der Waals surface area contributed by atoms with Crippen LogP contribution < -0.4 is 0 Å². The lowest BCUT2D eigenvalue weighted by Gasteiger charge is -2.37. The summed E-state index contributed by atoms with van der Waals surface area (Å²) >= 11 is 0. The normalized spacial score (nSPS) is 23.8. The first-order chi connectivity index (χ1) is 13.0. The van der Waals surface area contributed by atoms with E-state index in [1.807, 2.05) is 48.5 Å². The minimum atomic E-state index is -0.251. The van der Waals surface area contributed by atoms with Crippen LogP contribution in [0.3, 0.4) is 0 Å². The van der Waals surface area contributed by atoms with E-state index >= 15 is 0 Å². The van der Waals surface area contributed by atoms with Crippen molar-refractivity contribution >= 4 is 5.97 Å². The highest BCUT2D eigenvalue weighted by Gasteiger charge is 2.35. The molecule has 1 saturated carbocycles. The molecule has 2 aromatic carbocycles. The molecule has 2 nitrogen and oxygen atoms in total. The molecule has 3 rings (SSSR count). The Balaban J connectivity index is 1.79. The first-order valence-electron chi connectivity index (χ1n) is 10.3. The SMILES string of the molecule is CC(C)[C@H]1CC[C@@H](C)C[C@@H]1OC(=O)[C@@H](Cc1ccccc1)c1ccccc1. The van der Waals surface area contributed by atoms with Crippen LogP contribution in [0.25, 0.3) is 0 Å². The molecule has 144 valence electrons. The summed E-state index contributed by atoms with van der Waals surface area (Å²) in [6, 6.07) is 20.3. The minimum Gasteiger partial charge on any atom is -0.462 e. The van der Waals surface area contributed by atoms with E-state index in [-0.39, 0.29) is 18.0 Å². The van der Waals surface area contributed by atoms with Gasteiger partial charge in [-0.05, 0) is 48.1 Å². The van der Waals surface area contributed by atoms with Gasteiger partial charge in [-0.1, -0.05) is 87.9 Å². The second-order valence-electron chi connectivity index (χ2n) is 8.45. The number of hydrogen-bond donors (Lipinski definition) is 0. The molecule has 0 saturated heterocycles. The van der Waals surface area contributed by atoms with Crippen LogP contribution in [-0.4, -0.2) is 12.1 Å². The summed E-state index contributed by atoms with van der Waals surface area (Å²) in [5.74, 6) is 1.31. The zero-order valence-corrected chi connectivity index (χ0v) is 16.8. The summed E-state index contributed by atoms with van der Waals surface area (Å²) in [5, 5.41) is 0. The van der Waals surface area contributed by atoms with E-state index in [0.717, 1.165) is 18.4 Å². The molecule has 0 heterocycles. The third-order valence-electron chi connectivity index (χ3n) is 6.00.